The lowest BCUT2D eigenvalue weighted by Crippen LogP contribution is -2.02. The van der Waals surface area contributed by atoms with Crippen molar-refractivity contribution in [2.24, 2.45) is 0 Å². The number of aromatic nitrogens is 2. The second kappa shape index (κ2) is 7.31. The van der Waals surface area contributed by atoms with Gasteiger partial charge in [-0.15, -0.1) is 0 Å². The quantitative estimate of drug-likeness (QED) is 0.877. The van der Waals surface area contributed by atoms with Crippen LogP contribution in [0.3, 0.4) is 0 Å². The van der Waals surface area contributed by atoms with Gasteiger partial charge in [0, 0.05) is 11.4 Å². The summed E-state index contributed by atoms with van der Waals surface area (Å²) in [6.45, 7) is 11.7. The molecule has 1 N–H and O–H groups in total. The van der Waals surface area contributed by atoms with Crippen molar-refractivity contribution < 1.29 is 0 Å². The lowest BCUT2D eigenvalue weighted by atomic mass is 10.2. The van der Waals surface area contributed by atoms with Crippen LogP contribution in [-0.4, -0.2) is 9.97 Å². The van der Waals surface area contributed by atoms with E-state index in [1.807, 2.05) is 58.0 Å². The van der Waals surface area contributed by atoms with Crippen LogP contribution in [0.15, 0.2) is 36.9 Å². The van der Waals surface area contributed by atoms with E-state index in [4.69, 9.17) is 0 Å². The second-order valence-electron chi connectivity index (χ2n) is 3.84. The Morgan fingerprint density at radius 3 is 2.26 bits per heavy atom. The summed E-state index contributed by atoms with van der Waals surface area (Å²) in [5.41, 5.74) is 3.88. The van der Waals surface area contributed by atoms with Crippen molar-refractivity contribution in [3.8, 4) is 0 Å². The molecular formula is C16H21N3. The van der Waals surface area contributed by atoms with Crippen LogP contribution in [0.5, 0.6) is 0 Å². The van der Waals surface area contributed by atoms with E-state index in [0.717, 1.165) is 22.6 Å². The van der Waals surface area contributed by atoms with Crippen LogP contribution in [-0.2, 0) is 0 Å². The van der Waals surface area contributed by atoms with E-state index in [1.165, 1.54) is 0 Å². The van der Waals surface area contributed by atoms with Crippen LogP contribution >= 0.6 is 0 Å². The largest absolute Gasteiger partial charge is 0.324 e. The van der Waals surface area contributed by atoms with E-state index in [1.54, 1.807) is 6.08 Å². The summed E-state index contributed by atoms with van der Waals surface area (Å²) in [5, 5.41) is 3.18. The number of hydrogen-bond acceptors (Lipinski definition) is 3. The molecule has 0 aliphatic heterocycles. The number of benzene rings is 1. The van der Waals surface area contributed by atoms with Crippen LogP contribution in [0.25, 0.3) is 6.08 Å². The molecule has 1 aromatic carbocycles. The van der Waals surface area contributed by atoms with Crippen LogP contribution in [0.1, 0.15) is 30.8 Å². The maximum atomic E-state index is 4.41. The van der Waals surface area contributed by atoms with E-state index < -0.39 is 0 Å². The highest BCUT2D eigenvalue weighted by atomic mass is 15.1. The van der Waals surface area contributed by atoms with E-state index in [9.17, 15) is 0 Å². The highest BCUT2D eigenvalue weighted by Gasteiger charge is 2.05. The highest BCUT2D eigenvalue weighted by Crippen LogP contribution is 2.16. The monoisotopic (exact) mass is 255 g/mol. The summed E-state index contributed by atoms with van der Waals surface area (Å²) in [7, 11) is 0. The van der Waals surface area contributed by atoms with Gasteiger partial charge in [-0.25, -0.2) is 9.97 Å². The molecule has 19 heavy (non-hydrogen) atoms. The van der Waals surface area contributed by atoms with Gasteiger partial charge in [-0.05, 0) is 37.6 Å². The normalized spacial score (nSPS) is 9.26. The van der Waals surface area contributed by atoms with Crippen LogP contribution in [0, 0.1) is 13.8 Å². The number of rotatable bonds is 3. The number of nitrogens with one attached hydrogen (secondary N) is 1. The average molecular weight is 255 g/mol. The Labute approximate surface area is 115 Å². The standard InChI is InChI=1S/C14H15N3.C2H6/c1-4-13-10(2)11(3)15-14(17-13)16-12-8-6-5-7-9-12;1-2/h4-9H,1H2,2-3H3,(H,15,16,17);1-2H3. The summed E-state index contributed by atoms with van der Waals surface area (Å²) in [5.74, 6) is 0.606. The number of hydrogen-bond donors (Lipinski definition) is 1. The Morgan fingerprint density at radius 1 is 1.05 bits per heavy atom. The fourth-order valence-corrected chi connectivity index (χ4v) is 1.56. The van der Waals surface area contributed by atoms with E-state index >= 15 is 0 Å². The van der Waals surface area contributed by atoms with Gasteiger partial charge in [0.1, 0.15) is 0 Å². The number of aryl methyl sites for hydroxylation is 1. The fourth-order valence-electron chi connectivity index (χ4n) is 1.56. The van der Waals surface area contributed by atoms with Crippen molar-refractivity contribution >= 4 is 17.7 Å². The third kappa shape index (κ3) is 3.91. The van der Waals surface area contributed by atoms with Crippen molar-refractivity contribution in [2.75, 3.05) is 5.32 Å². The fraction of sp³-hybridized carbons (Fsp3) is 0.250. The SMILES string of the molecule is C=Cc1nc(Nc2ccccc2)nc(C)c1C.CC. The Bertz CT molecular complexity index is 533. The number of anilines is 2. The first kappa shape index (κ1) is 14.9. The van der Waals surface area contributed by atoms with Gasteiger partial charge in [-0.2, -0.15) is 0 Å². The molecular weight excluding hydrogens is 234 g/mol. The first-order chi connectivity index (χ1) is 9.20. The summed E-state index contributed by atoms with van der Waals surface area (Å²) in [6, 6.07) is 9.87. The van der Waals surface area contributed by atoms with Gasteiger partial charge >= 0.3 is 0 Å². The topological polar surface area (TPSA) is 37.8 Å². The number of para-hydroxylation sites is 1. The molecule has 0 aliphatic carbocycles. The summed E-state index contributed by atoms with van der Waals surface area (Å²) >= 11 is 0. The van der Waals surface area contributed by atoms with Crippen LogP contribution in [0.4, 0.5) is 11.6 Å². The molecule has 100 valence electrons. The van der Waals surface area contributed by atoms with Crippen molar-refractivity contribution in [1.82, 2.24) is 9.97 Å². The predicted molar refractivity (Wildman–Crippen MR) is 82.7 cm³/mol. The predicted octanol–water partition coefficient (Wildman–Crippen LogP) is 4.51. The molecule has 0 atom stereocenters. The van der Waals surface area contributed by atoms with E-state index in [2.05, 4.69) is 21.9 Å². The number of nitrogens with zero attached hydrogens (tertiary/aromatic N) is 2. The van der Waals surface area contributed by atoms with Gasteiger partial charge in [0.25, 0.3) is 0 Å². The minimum Gasteiger partial charge on any atom is -0.324 e. The molecule has 0 bridgehead atoms. The molecule has 0 saturated carbocycles. The van der Waals surface area contributed by atoms with Crippen molar-refractivity contribution in [1.29, 1.82) is 0 Å². The van der Waals surface area contributed by atoms with E-state index in [0.29, 0.717) is 5.95 Å². The lowest BCUT2D eigenvalue weighted by molar-refractivity contribution is 1.06. The van der Waals surface area contributed by atoms with Crippen molar-refractivity contribution in [3.63, 3.8) is 0 Å². The molecule has 2 aromatic rings. The summed E-state index contributed by atoms with van der Waals surface area (Å²) in [4.78, 5) is 8.81. The third-order valence-corrected chi connectivity index (χ3v) is 2.65. The van der Waals surface area contributed by atoms with Crippen LogP contribution < -0.4 is 5.32 Å². The van der Waals surface area contributed by atoms with Gasteiger partial charge in [-0.1, -0.05) is 38.6 Å². The first-order valence-corrected chi connectivity index (χ1v) is 6.50. The highest BCUT2D eigenvalue weighted by molar-refractivity contribution is 5.56. The molecule has 0 saturated heterocycles. The van der Waals surface area contributed by atoms with Crippen LogP contribution in [0.2, 0.25) is 0 Å². The molecule has 0 spiro atoms. The molecule has 3 heteroatoms. The molecule has 0 unspecified atom stereocenters. The molecule has 0 radical (unpaired) electrons. The Hall–Kier alpha value is -2.16. The van der Waals surface area contributed by atoms with Crippen molar-refractivity contribution in [3.05, 3.63) is 53.9 Å². The minimum absolute atomic E-state index is 0.606. The molecule has 2 rings (SSSR count). The smallest absolute Gasteiger partial charge is 0.227 e. The Kier molecular flexibility index (Phi) is 5.73. The average Bonchev–Trinajstić information content (AvgIpc) is 2.46. The second-order valence-corrected chi connectivity index (χ2v) is 3.84. The molecule has 0 aliphatic rings. The zero-order valence-electron chi connectivity index (χ0n) is 12.1. The summed E-state index contributed by atoms with van der Waals surface area (Å²) in [6.07, 6.45) is 1.75. The van der Waals surface area contributed by atoms with Gasteiger partial charge in [-0.3, -0.25) is 0 Å². The van der Waals surface area contributed by atoms with E-state index in [-0.39, 0.29) is 0 Å². The molecule has 3 nitrogen and oxygen atoms in total. The van der Waals surface area contributed by atoms with Gasteiger partial charge in [0.2, 0.25) is 5.95 Å². The molecule has 1 heterocycles. The minimum atomic E-state index is 0.606. The Morgan fingerprint density at radius 2 is 1.68 bits per heavy atom. The molecule has 1 aromatic heterocycles. The summed E-state index contributed by atoms with van der Waals surface area (Å²) < 4.78 is 0. The van der Waals surface area contributed by atoms with Gasteiger partial charge in [0.05, 0.1) is 5.69 Å². The maximum Gasteiger partial charge on any atom is 0.227 e. The molecule has 0 fully saturated rings. The lowest BCUT2D eigenvalue weighted by Gasteiger charge is -2.09. The maximum absolute atomic E-state index is 4.41. The van der Waals surface area contributed by atoms with Gasteiger partial charge in [0.15, 0.2) is 0 Å². The zero-order valence-corrected chi connectivity index (χ0v) is 12.1. The van der Waals surface area contributed by atoms with Crippen molar-refractivity contribution in [2.45, 2.75) is 27.7 Å². The zero-order chi connectivity index (χ0) is 14.3. The Balaban J connectivity index is 0.000000861. The van der Waals surface area contributed by atoms with Gasteiger partial charge < -0.3 is 5.32 Å². The molecule has 0 amide bonds. The first-order valence-electron chi connectivity index (χ1n) is 6.50. The third-order valence-electron chi connectivity index (χ3n) is 2.65.